The van der Waals surface area contributed by atoms with Gasteiger partial charge in [-0.1, -0.05) is 26.8 Å². The van der Waals surface area contributed by atoms with E-state index in [9.17, 15) is 19.5 Å². The van der Waals surface area contributed by atoms with E-state index in [2.05, 4.69) is 20.8 Å². The molecule has 178 valence electrons. The number of ether oxygens (including phenoxy) is 1. The molecule has 0 aromatic rings. The summed E-state index contributed by atoms with van der Waals surface area (Å²) in [6, 6.07) is 0. The summed E-state index contributed by atoms with van der Waals surface area (Å²) in [6.07, 6.45) is 8.97. The van der Waals surface area contributed by atoms with Gasteiger partial charge in [0.05, 0.1) is 0 Å². The third-order valence-corrected chi connectivity index (χ3v) is 10.3. The van der Waals surface area contributed by atoms with Crippen LogP contribution in [-0.4, -0.2) is 28.9 Å². The number of carboxylic acid groups (broad SMARTS) is 1. The summed E-state index contributed by atoms with van der Waals surface area (Å²) in [5.74, 6) is 0.802. The van der Waals surface area contributed by atoms with Gasteiger partial charge in [0.2, 0.25) is 0 Å². The molecule has 0 bridgehead atoms. The molecule has 0 heterocycles. The molecule has 0 saturated heterocycles. The molecule has 0 aliphatic heterocycles. The lowest BCUT2D eigenvalue weighted by Crippen LogP contribution is -2.58. The molecule has 4 rings (SSSR count). The van der Waals surface area contributed by atoms with Gasteiger partial charge >= 0.3 is 11.9 Å². The lowest BCUT2D eigenvalue weighted by Gasteiger charge is -2.61. The van der Waals surface area contributed by atoms with Crippen molar-refractivity contribution >= 4 is 17.7 Å². The van der Waals surface area contributed by atoms with Gasteiger partial charge in [-0.15, -0.1) is 0 Å². The highest BCUT2D eigenvalue weighted by atomic mass is 16.5. The first-order chi connectivity index (χ1) is 15.0. The fourth-order valence-electron chi connectivity index (χ4n) is 8.91. The predicted octanol–water partition coefficient (Wildman–Crippen LogP) is 5.42. The van der Waals surface area contributed by atoms with Gasteiger partial charge in [-0.05, 0) is 97.9 Å². The number of carbonyl (C=O) groups excluding carboxylic acids is 2. The van der Waals surface area contributed by atoms with Crippen molar-refractivity contribution in [2.24, 2.45) is 46.3 Å². The predicted molar refractivity (Wildman–Crippen MR) is 122 cm³/mol. The van der Waals surface area contributed by atoms with Crippen LogP contribution in [0.15, 0.2) is 11.6 Å². The molecule has 0 aromatic heterocycles. The number of carboxylic acids is 1. The molecule has 4 saturated carbocycles. The minimum Gasteiger partial charge on any atom is -0.481 e. The standard InChI is InChI=1S/C27H40O5/c1-6-18-22-14-17(32-16(3)28)9-11-27(22,5)21-10-12-26(4)19(15(2)13-23(29)30)7-8-20(26)24(21)25(18)31/h6,15,17,19-22,24H,7-14H2,1-5H3,(H,29,30)/b18-6+/t15-,17-,19-,20+,21+,22+,24+,26-,27-/m1/s1. The first kappa shape index (κ1) is 23.5. The van der Waals surface area contributed by atoms with Crippen molar-refractivity contribution in [1.29, 1.82) is 0 Å². The van der Waals surface area contributed by atoms with E-state index in [4.69, 9.17) is 4.74 Å². The van der Waals surface area contributed by atoms with Crippen LogP contribution in [0, 0.1) is 46.3 Å². The van der Waals surface area contributed by atoms with Crippen molar-refractivity contribution in [2.45, 2.75) is 92.1 Å². The Morgan fingerprint density at radius 3 is 2.41 bits per heavy atom. The van der Waals surface area contributed by atoms with Crippen LogP contribution in [0.3, 0.4) is 0 Å². The van der Waals surface area contributed by atoms with E-state index in [0.717, 1.165) is 50.5 Å². The number of Topliss-reactive ketones (excluding diaryl/α,β-unsaturated/α-hetero) is 1. The summed E-state index contributed by atoms with van der Waals surface area (Å²) in [7, 11) is 0. The van der Waals surface area contributed by atoms with Crippen LogP contribution in [0.5, 0.6) is 0 Å². The molecule has 0 spiro atoms. The van der Waals surface area contributed by atoms with E-state index >= 15 is 0 Å². The van der Waals surface area contributed by atoms with Gasteiger partial charge < -0.3 is 9.84 Å². The molecule has 5 nitrogen and oxygen atoms in total. The van der Waals surface area contributed by atoms with Crippen molar-refractivity contribution in [3.05, 3.63) is 11.6 Å². The van der Waals surface area contributed by atoms with Crippen LogP contribution < -0.4 is 0 Å². The molecular weight excluding hydrogens is 404 g/mol. The number of hydrogen-bond donors (Lipinski definition) is 1. The second kappa shape index (κ2) is 8.29. The number of fused-ring (bicyclic) bond motifs is 5. The zero-order valence-corrected chi connectivity index (χ0v) is 20.4. The Labute approximate surface area is 192 Å². The van der Waals surface area contributed by atoms with Crippen LogP contribution in [0.2, 0.25) is 0 Å². The van der Waals surface area contributed by atoms with Crippen LogP contribution in [0.25, 0.3) is 0 Å². The molecule has 0 amide bonds. The number of carbonyl (C=O) groups is 3. The number of rotatable bonds is 4. The SMILES string of the molecule is C/C=C1/C(=O)[C@@H]2[C@H](CC[C@]3(C)[C@@H]([C@H](C)CC(=O)O)CC[C@@H]23)[C@@]2(C)CC[C@@H](OC(C)=O)C[C@@H]12. The van der Waals surface area contributed by atoms with Gasteiger partial charge in [-0.25, -0.2) is 0 Å². The normalized spacial score (nSPS) is 45.5. The summed E-state index contributed by atoms with van der Waals surface area (Å²) in [5, 5.41) is 9.37. The van der Waals surface area contributed by atoms with E-state index < -0.39 is 5.97 Å². The summed E-state index contributed by atoms with van der Waals surface area (Å²) >= 11 is 0. The smallest absolute Gasteiger partial charge is 0.303 e. The Bertz CT molecular complexity index is 830. The first-order valence-corrected chi connectivity index (χ1v) is 12.6. The van der Waals surface area contributed by atoms with Crippen molar-refractivity contribution < 1.29 is 24.2 Å². The number of esters is 1. The monoisotopic (exact) mass is 444 g/mol. The maximum absolute atomic E-state index is 14.0. The lowest BCUT2D eigenvalue weighted by atomic mass is 9.43. The average Bonchev–Trinajstić information content (AvgIpc) is 3.05. The van der Waals surface area contributed by atoms with Gasteiger partial charge in [-0.2, -0.15) is 0 Å². The van der Waals surface area contributed by atoms with E-state index in [0.29, 0.717) is 23.5 Å². The largest absolute Gasteiger partial charge is 0.481 e. The summed E-state index contributed by atoms with van der Waals surface area (Å²) in [5.41, 5.74) is 1.06. The van der Waals surface area contributed by atoms with Crippen molar-refractivity contribution in [3.8, 4) is 0 Å². The Morgan fingerprint density at radius 1 is 1.12 bits per heavy atom. The van der Waals surface area contributed by atoms with E-state index in [1.54, 1.807) is 0 Å². The lowest BCUT2D eigenvalue weighted by molar-refractivity contribution is -0.160. The number of ketones is 1. The quantitative estimate of drug-likeness (QED) is 0.462. The Kier molecular flexibility index (Phi) is 6.09. The minimum absolute atomic E-state index is 0.0443. The topological polar surface area (TPSA) is 80.7 Å². The fourth-order valence-corrected chi connectivity index (χ4v) is 8.91. The number of aliphatic carboxylic acids is 1. The van der Waals surface area contributed by atoms with Gasteiger partial charge in [-0.3, -0.25) is 14.4 Å². The molecule has 0 unspecified atom stereocenters. The third-order valence-electron chi connectivity index (χ3n) is 10.3. The molecule has 4 fully saturated rings. The minimum atomic E-state index is -0.719. The molecule has 1 N–H and O–H groups in total. The van der Waals surface area contributed by atoms with Crippen LogP contribution in [0.1, 0.15) is 86.0 Å². The zero-order valence-electron chi connectivity index (χ0n) is 20.4. The van der Waals surface area contributed by atoms with Crippen LogP contribution in [0.4, 0.5) is 0 Å². The maximum atomic E-state index is 14.0. The molecular formula is C27H40O5. The molecule has 4 aliphatic carbocycles. The Balaban J connectivity index is 1.65. The van der Waals surface area contributed by atoms with Gasteiger partial charge in [0, 0.05) is 19.3 Å². The number of allylic oxidation sites excluding steroid dienone is 2. The molecule has 32 heavy (non-hydrogen) atoms. The summed E-state index contributed by atoms with van der Waals surface area (Å²) in [4.78, 5) is 36.9. The van der Waals surface area contributed by atoms with Gasteiger partial charge in [0.25, 0.3) is 0 Å². The highest BCUT2D eigenvalue weighted by Crippen LogP contribution is 2.68. The molecule has 5 heteroatoms. The molecule has 4 aliphatic rings. The average molecular weight is 445 g/mol. The van der Waals surface area contributed by atoms with E-state index in [1.807, 2.05) is 13.0 Å². The molecule has 0 aromatic carbocycles. The first-order valence-electron chi connectivity index (χ1n) is 12.6. The molecule has 0 radical (unpaired) electrons. The maximum Gasteiger partial charge on any atom is 0.303 e. The summed E-state index contributed by atoms with van der Waals surface area (Å²) < 4.78 is 5.58. The highest BCUT2D eigenvalue weighted by Gasteiger charge is 2.64. The molecule has 9 atom stereocenters. The van der Waals surface area contributed by atoms with Crippen LogP contribution in [-0.2, 0) is 19.1 Å². The van der Waals surface area contributed by atoms with Crippen molar-refractivity contribution in [3.63, 3.8) is 0 Å². The van der Waals surface area contributed by atoms with Crippen LogP contribution >= 0.6 is 0 Å². The Morgan fingerprint density at radius 2 is 1.78 bits per heavy atom. The highest BCUT2D eigenvalue weighted by molar-refractivity contribution is 5.99. The second-order valence-corrected chi connectivity index (χ2v) is 11.7. The van der Waals surface area contributed by atoms with Gasteiger partial charge in [0.15, 0.2) is 5.78 Å². The van der Waals surface area contributed by atoms with E-state index in [1.165, 1.54) is 6.92 Å². The van der Waals surface area contributed by atoms with E-state index in [-0.39, 0.29) is 47.1 Å². The number of hydrogen-bond acceptors (Lipinski definition) is 4. The second-order valence-electron chi connectivity index (χ2n) is 11.7. The third kappa shape index (κ3) is 3.54. The van der Waals surface area contributed by atoms with Gasteiger partial charge in [0.1, 0.15) is 6.10 Å². The zero-order chi connectivity index (χ0) is 23.4. The summed E-state index contributed by atoms with van der Waals surface area (Å²) in [6.45, 7) is 10.3. The Hall–Kier alpha value is -1.65. The fraction of sp³-hybridized carbons (Fsp3) is 0.815. The van der Waals surface area contributed by atoms with Crippen molar-refractivity contribution in [1.82, 2.24) is 0 Å². The van der Waals surface area contributed by atoms with Crippen molar-refractivity contribution in [2.75, 3.05) is 0 Å².